The first-order chi connectivity index (χ1) is 18.6. The standard InChI is InChI=1S/C34H55F3O2/c1-5-6-7-8-9-10-11-12-13-14-15-16-17-18-19-20-21-22-32(34(35,36)37)39-33(38)29(4)31-25-23-30(24-26-31)27-28(2)3/h22-26,28-29H,5-21,27H2,1-4H3/b32-22+. The number of ether oxygens (including phenoxy) is 1. The average Bonchev–Trinajstić information content (AvgIpc) is 2.88. The SMILES string of the molecule is CCCCCCCCCCCCCCCCCC/C=C(/OC(=O)C(C)c1ccc(CC(C)C)cc1)C(F)(F)F. The number of carbonyl (C=O) groups is 1. The summed E-state index contributed by atoms with van der Waals surface area (Å²) in [5.74, 6) is -2.31. The first kappa shape index (κ1) is 35.2. The van der Waals surface area contributed by atoms with E-state index < -0.39 is 23.8 Å². The molecule has 0 amide bonds. The summed E-state index contributed by atoms with van der Waals surface area (Å²) in [5.41, 5.74) is 1.80. The van der Waals surface area contributed by atoms with E-state index in [2.05, 4.69) is 20.8 Å². The summed E-state index contributed by atoms with van der Waals surface area (Å²) in [4.78, 5) is 12.5. The number of alkyl halides is 3. The topological polar surface area (TPSA) is 26.3 Å². The fourth-order valence-electron chi connectivity index (χ4n) is 4.89. The van der Waals surface area contributed by atoms with Gasteiger partial charge in [0.1, 0.15) is 0 Å². The number of hydrogen-bond donors (Lipinski definition) is 0. The quantitative estimate of drug-likeness (QED) is 0.0812. The van der Waals surface area contributed by atoms with Crippen LogP contribution in [0.5, 0.6) is 0 Å². The largest absolute Gasteiger partial charge is 0.449 e. The normalized spacial score (nSPS) is 13.2. The highest BCUT2D eigenvalue weighted by molar-refractivity contribution is 5.78. The number of benzene rings is 1. The highest BCUT2D eigenvalue weighted by atomic mass is 19.4. The molecule has 1 aromatic rings. The van der Waals surface area contributed by atoms with Gasteiger partial charge in [0.05, 0.1) is 5.92 Å². The number of allylic oxidation sites excluding steroid dienone is 2. The van der Waals surface area contributed by atoms with E-state index in [1.54, 1.807) is 19.1 Å². The Morgan fingerprint density at radius 3 is 1.59 bits per heavy atom. The molecular weight excluding hydrogens is 497 g/mol. The lowest BCUT2D eigenvalue weighted by atomic mass is 9.97. The third kappa shape index (κ3) is 17.5. The lowest BCUT2D eigenvalue weighted by Crippen LogP contribution is -2.21. The molecule has 0 aliphatic carbocycles. The molecule has 0 aromatic heterocycles. The van der Waals surface area contributed by atoms with Crippen LogP contribution < -0.4 is 0 Å². The van der Waals surface area contributed by atoms with Gasteiger partial charge in [-0.05, 0) is 49.3 Å². The van der Waals surface area contributed by atoms with E-state index in [0.29, 0.717) is 17.9 Å². The van der Waals surface area contributed by atoms with E-state index >= 15 is 0 Å². The van der Waals surface area contributed by atoms with E-state index in [9.17, 15) is 18.0 Å². The molecule has 0 spiro atoms. The lowest BCUT2D eigenvalue weighted by Gasteiger charge is -2.16. The van der Waals surface area contributed by atoms with Crippen LogP contribution in [0.4, 0.5) is 13.2 Å². The molecule has 1 aromatic carbocycles. The van der Waals surface area contributed by atoms with Gasteiger partial charge in [-0.3, -0.25) is 4.79 Å². The molecule has 2 nitrogen and oxygen atoms in total. The van der Waals surface area contributed by atoms with Gasteiger partial charge in [0.2, 0.25) is 5.76 Å². The maximum Gasteiger partial charge on any atom is 0.449 e. The molecule has 1 atom stereocenters. The van der Waals surface area contributed by atoms with Crippen LogP contribution in [0.2, 0.25) is 0 Å². The van der Waals surface area contributed by atoms with Crippen molar-refractivity contribution in [2.24, 2.45) is 5.92 Å². The number of esters is 1. The Morgan fingerprint density at radius 1 is 0.744 bits per heavy atom. The predicted molar refractivity (Wildman–Crippen MR) is 158 cm³/mol. The van der Waals surface area contributed by atoms with Crippen molar-refractivity contribution in [3.63, 3.8) is 0 Å². The summed E-state index contributed by atoms with van der Waals surface area (Å²) in [6.07, 6.45) is 17.3. The molecule has 0 N–H and O–H groups in total. The molecule has 5 heteroatoms. The number of hydrogen-bond acceptors (Lipinski definition) is 2. The zero-order valence-corrected chi connectivity index (χ0v) is 25.2. The third-order valence-electron chi connectivity index (χ3n) is 7.35. The lowest BCUT2D eigenvalue weighted by molar-refractivity contribution is -0.161. The van der Waals surface area contributed by atoms with E-state index in [0.717, 1.165) is 37.3 Å². The predicted octanol–water partition coefficient (Wildman–Crippen LogP) is 11.6. The van der Waals surface area contributed by atoms with Crippen molar-refractivity contribution >= 4 is 5.97 Å². The number of halogens is 3. The van der Waals surface area contributed by atoms with E-state index in [4.69, 9.17) is 4.74 Å². The molecule has 0 saturated heterocycles. The van der Waals surface area contributed by atoms with Crippen molar-refractivity contribution in [2.75, 3.05) is 0 Å². The third-order valence-corrected chi connectivity index (χ3v) is 7.35. The maximum atomic E-state index is 13.5. The van der Waals surface area contributed by atoms with Gasteiger partial charge in [-0.1, -0.05) is 141 Å². The minimum absolute atomic E-state index is 0.263. The summed E-state index contributed by atoms with van der Waals surface area (Å²) in [6.45, 7) is 8.09. The van der Waals surface area contributed by atoms with E-state index in [1.165, 1.54) is 77.0 Å². The molecule has 1 unspecified atom stereocenters. The molecule has 39 heavy (non-hydrogen) atoms. The molecule has 0 aliphatic heterocycles. The summed E-state index contributed by atoms with van der Waals surface area (Å²) in [6, 6.07) is 7.46. The molecule has 0 radical (unpaired) electrons. The Labute approximate surface area is 237 Å². The molecule has 0 saturated carbocycles. The van der Waals surface area contributed by atoms with Crippen molar-refractivity contribution in [1.82, 2.24) is 0 Å². The fourth-order valence-corrected chi connectivity index (χ4v) is 4.89. The first-order valence-electron chi connectivity index (χ1n) is 15.7. The molecule has 0 heterocycles. The zero-order chi connectivity index (χ0) is 28.9. The van der Waals surface area contributed by atoms with Crippen LogP contribution in [0.25, 0.3) is 0 Å². The van der Waals surface area contributed by atoms with Crippen LogP contribution in [-0.4, -0.2) is 12.1 Å². The Balaban J connectivity index is 2.23. The van der Waals surface area contributed by atoms with Gasteiger partial charge in [-0.15, -0.1) is 0 Å². The summed E-state index contributed by atoms with van der Waals surface area (Å²) in [5, 5.41) is 0. The Kier molecular flexibility index (Phi) is 19.0. The zero-order valence-electron chi connectivity index (χ0n) is 25.2. The first-order valence-corrected chi connectivity index (χ1v) is 15.7. The summed E-state index contributed by atoms with van der Waals surface area (Å²) in [7, 11) is 0. The second kappa shape index (κ2) is 21.0. The molecular formula is C34H55F3O2. The second-order valence-electron chi connectivity index (χ2n) is 11.6. The van der Waals surface area contributed by atoms with Gasteiger partial charge >= 0.3 is 12.1 Å². The van der Waals surface area contributed by atoms with E-state index in [1.807, 2.05) is 12.1 Å². The summed E-state index contributed by atoms with van der Waals surface area (Å²) < 4.78 is 45.3. The molecule has 0 aliphatic rings. The minimum Gasteiger partial charge on any atom is -0.421 e. The van der Waals surface area contributed by atoms with Crippen LogP contribution in [0, 0.1) is 5.92 Å². The van der Waals surface area contributed by atoms with Gasteiger partial charge in [-0.2, -0.15) is 13.2 Å². The van der Waals surface area contributed by atoms with Gasteiger partial charge in [0.15, 0.2) is 0 Å². The monoisotopic (exact) mass is 552 g/mol. The van der Waals surface area contributed by atoms with Crippen molar-refractivity contribution in [3.8, 4) is 0 Å². The second-order valence-corrected chi connectivity index (χ2v) is 11.6. The average molecular weight is 553 g/mol. The molecule has 0 bridgehead atoms. The number of unbranched alkanes of at least 4 members (excludes halogenated alkanes) is 16. The maximum absolute atomic E-state index is 13.5. The van der Waals surface area contributed by atoms with Crippen molar-refractivity contribution in [3.05, 3.63) is 47.2 Å². The van der Waals surface area contributed by atoms with Crippen molar-refractivity contribution < 1.29 is 22.7 Å². The Hall–Kier alpha value is -1.78. The number of carbonyl (C=O) groups excluding carboxylic acids is 1. The Morgan fingerprint density at radius 2 is 1.18 bits per heavy atom. The van der Waals surface area contributed by atoms with Crippen LogP contribution in [0.15, 0.2) is 36.1 Å². The van der Waals surface area contributed by atoms with Crippen LogP contribution >= 0.6 is 0 Å². The highest BCUT2D eigenvalue weighted by Gasteiger charge is 2.38. The van der Waals surface area contributed by atoms with Crippen LogP contribution in [0.3, 0.4) is 0 Å². The minimum atomic E-state index is -4.68. The molecule has 0 fully saturated rings. The summed E-state index contributed by atoms with van der Waals surface area (Å²) >= 11 is 0. The van der Waals surface area contributed by atoms with Crippen molar-refractivity contribution in [2.45, 2.75) is 155 Å². The fraction of sp³-hybridized carbons (Fsp3) is 0.735. The van der Waals surface area contributed by atoms with E-state index in [-0.39, 0.29) is 6.42 Å². The van der Waals surface area contributed by atoms with Gasteiger partial charge < -0.3 is 4.74 Å². The van der Waals surface area contributed by atoms with Gasteiger partial charge in [-0.25, -0.2) is 0 Å². The van der Waals surface area contributed by atoms with Gasteiger partial charge in [0.25, 0.3) is 0 Å². The Bertz CT molecular complexity index is 781. The van der Waals surface area contributed by atoms with Crippen LogP contribution in [0.1, 0.15) is 154 Å². The van der Waals surface area contributed by atoms with Crippen LogP contribution in [-0.2, 0) is 16.0 Å². The van der Waals surface area contributed by atoms with Crippen molar-refractivity contribution in [1.29, 1.82) is 0 Å². The molecule has 1 rings (SSSR count). The smallest absolute Gasteiger partial charge is 0.421 e. The van der Waals surface area contributed by atoms with Gasteiger partial charge in [0, 0.05) is 0 Å². The number of rotatable bonds is 22. The molecule has 224 valence electrons. The highest BCUT2D eigenvalue weighted by Crippen LogP contribution is 2.30.